The van der Waals surface area contributed by atoms with Gasteiger partial charge in [0.15, 0.2) is 0 Å². The van der Waals surface area contributed by atoms with Crippen molar-refractivity contribution in [2.75, 3.05) is 32.0 Å². The third kappa shape index (κ3) is 8.60. The lowest BCUT2D eigenvalue weighted by molar-refractivity contribution is -0.138. The number of allylic oxidation sites excluding steroid dienone is 1. The highest BCUT2D eigenvalue weighted by molar-refractivity contribution is 5.98. The van der Waals surface area contributed by atoms with Crippen molar-refractivity contribution in [3.05, 3.63) is 77.2 Å². The second-order valence-corrected chi connectivity index (χ2v) is 13.0. The number of halogens is 3. The number of alkyl halides is 1. The smallest absolute Gasteiger partial charge is 0.270 e. The monoisotopic (exact) mass is 694 g/mol. The van der Waals surface area contributed by atoms with Crippen LogP contribution >= 0.6 is 12.4 Å². The number of carbonyl (C=O) groups excluding carboxylic acids is 4. The molecule has 1 saturated carbocycles. The van der Waals surface area contributed by atoms with E-state index in [0.29, 0.717) is 22.5 Å². The van der Waals surface area contributed by atoms with Crippen LogP contribution in [0.3, 0.4) is 0 Å². The number of likely N-dealkylation sites (N-methyl/N-ethyl adjacent to an activating group) is 1. The van der Waals surface area contributed by atoms with Gasteiger partial charge in [-0.3, -0.25) is 24.1 Å². The summed E-state index contributed by atoms with van der Waals surface area (Å²) in [6.45, 7) is 1.96. The first-order chi connectivity index (χ1) is 23.0. The molecule has 3 heterocycles. The molecule has 10 nitrogen and oxygen atoms in total. The zero-order chi connectivity index (χ0) is 33.9. The fourth-order valence-corrected chi connectivity index (χ4v) is 6.44. The van der Waals surface area contributed by atoms with Gasteiger partial charge >= 0.3 is 0 Å². The van der Waals surface area contributed by atoms with Crippen LogP contribution in [0.1, 0.15) is 66.7 Å². The minimum absolute atomic E-state index is 0. The molecule has 3 N–H and O–H groups in total. The van der Waals surface area contributed by atoms with Gasteiger partial charge in [-0.05, 0) is 99.6 Å². The normalized spacial score (nSPS) is 21.4. The van der Waals surface area contributed by atoms with Crippen LogP contribution in [-0.2, 0) is 14.4 Å². The van der Waals surface area contributed by atoms with Crippen molar-refractivity contribution in [2.45, 2.75) is 63.3 Å². The Hall–Kier alpha value is -4.42. The topological polar surface area (TPSA) is 124 Å². The van der Waals surface area contributed by atoms with Crippen molar-refractivity contribution < 1.29 is 28.0 Å². The van der Waals surface area contributed by atoms with Gasteiger partial charge in [0.05, 0.1) is 30.7 Å². The zero-order valence-corrected chi connectivity index (χ0v) is 28.3. The summed E-state index contributed by atoms with van der Waals surface area (Å²) in [5.41, 5.74) is 2.74. The van der Waals surface area contributed by atoms with Gasteiger partial charge in [-0.25, -0.2) is 13.8 Å². The molecule has 49 heavy (non-hydrogen) atoms. The van der Waals surface area contributed by atoms with Crippen molar-refractivity contribution in [3.8, 4) is 0 Å². The van der Waals surface area contributed by atoms with Crippen molar-refractivity contribution in [1.82, 2.24) is 25.4 Å². The number of anilines is 1. The SMILES string of the molecule is C[C@H](NC(=O)[C@@H]1C[C@@H](F)CN1C(=O)CNC(=O)c1ccc2cc(F)ccc2n1)c1cc(NC(=O)[C@@H]2CCCN2C)ccc1/C=C/C1CC1.Cl. The summed E-state index contributed by atoms with van der Waals surface area (Å²) in [4.78, 5) is 59.9. The lowest BCUT2D eigenvalue weighted by atomic mass is 9.99. The van der Waals surface area contributed by atoms with E-state index < -0.39 is 48.3 Å². The Labute approximate surface area is 290 Å². The van der Waals surface area contributed by atoms with Gasteiger partial charge in [-0.2, -0.15) is 0 Å². The molecule has 0 spiro atoms. The van der Waals surface area contributed by atoms with Gasteiger partial charge in [0.2, 0.25) is 17.7 Å². The van der Waals surface area contributed by atoms with E-state index in [1.54, 1.807) is 6.07 Å². The first-order valence-electron chi connectivity index (χ1n) is 16.5. The van der Waals surface area contributed by atoms with Crippen LogP contribution < -0.4 is 16.0 Å². The molecule has 1 aliphatic carbocycles. The molecule has 4 amide bonds. The van der Waals surface area contributed by atoms with E-state index in [-0.39, 0.29) is 43.0 Å². The number of amides is 4. The molecule has 1 aromatic heterocycles. The second kappa shape index (κ2) is 15.4. The number of aromatic nitrogens is 1. The van der Waals surface area contributed by atoms with Gasteiger partial charge in [0.1, 0.15) is 23.7 Å². The molecule has 0 bridgehead atoms. The van der Waals surface area contributed by atoms with Crippen LogP contribution in [0.4, 0.5) is 14.5 Å². The van der Waals surface area contributed by atoms with Crippen LogP contribution in [0.25, 0.3) is 17.0 Å². The molecule has 2 saturated heterocycles. The number of rotatable bonds is 10. The predicted molar refractivity (Wildman–Crippen MR) is 185 cm³/mol. The Morgan fingerprint density at radius 1 is 1.02 bits per heavy atom. The number of carbonyl (C=O) groups is 4. The van der Waals surface area contributed by atoms with E-state index in [4.69, 9.17) is 0 Å². The van der Waals surface area contributed by atoms with Gasteiger partial charge in [-0.15, -0.1) is 12.4 Å². The molecule has 2 aliphatic heterocycles. The number of fused-ring (bicyclic) bond motifs is 1. The van der Waals surface area contributed by atoms with Crippen molar-refractivity contribution in [2.24, 2.45) is 5.92 Å². The summed E-state index contributed by atoms with van der Waals surface area (Å²) < 4.78 is 28.2. The lowest BCUT2D eigenvalue weighted by Gasteiger charge is -2.26. The fourth-order valence-electron chi connectivity index (χ4n) is 6.44. The molecule has 0 unspecified atom stereocenters. The number of nitrogens with zero attached hydrogens (tertiary/aromatic N) is 3. The van der Waals surface area contributed by atoms with E-state index in [2.05, 4.69) is 27.0 Å². The second-order valence-electron chi connectivity index (χ2n) is 13.0. The maximum absolute atomic E-state index is 14.7. The maximum Gasteiger partial charge on any atom is 0.270 e. The fraction of sp³-hybridized carbons (Fsp3) is 0.417. The summed E-state index contributed by atoms with van der Waals surface area (Å²) in [6, 6.07) is 10.8. The quantitative estimate of drug-likeness (QED) is 0.280. The number of nitrogens with one attached hydrogen (secondary N) is 3. The Morgan fingerprint density at radius 3 is 2.55 bits per heavy atom. The zero-order valence-electron chi connectivity index (χ0n) is 27.5. The molecule has 3 fully saturated rings. The average Bonchev–Trinajstić information content (AvgIpc) is 3.66. The molecule has 3 aromatic rings. The van der Waals surface area contributed by atoms with E-state index in [0.717, 1.165) is 48.3 Å². The first-order valence-corrected chi connectivity index (χ1v) is 16.5. The number of hydrogen-bond acceptors (Lipinski definition) is 6. The Balaban J connectivity index is 0.00000468. The standard InChI is InChI=1S/C36H40F2N6O4.ClH/c1-21(28-18-27(12-9-23(28)8-7-22-5-6-22)41-35(47)31-4-3-15-43(31)2)40-36(48)32-17-26(38)20-44(32)33(45)19-39-34(46)30-13-10-24-16-25(37)11-14-29(24)42-30;/h7-14,16,18,21-22,26,31-32H,3-6,15,17,19-20H2,1-2H3,(H,39,46)(H,40,48)(H,41,47);1H/b8-7+;/t21-,26+,31-,32-;/m0./s1. The van der Waals surface area contributed by atoms with Gasteiger partial charge in [0, 0.05) is 17.5 Å². The summed E-state index contributed by atoms with van der Waals surface area (Å²) in [5.74, 6) is -1.71. The number of hydrogen-bond donors (Lipinski definition) is 3. The van der Waals surface area contributed by atoms with Crippen LogP contribution in [0.15, 0.2) is 54.6 Å². The molecular formula is C36H41ClF2N6O4. The highest BCUT2D eigenvalue weighted by Crippen LogP contribution is 2.32. The maximum atomic E-state index is 14.7. The summed E-state index contributed by atoms with van der Waals surface area (Å²) in [6.07, 6.45) is 6.64. The Morgan fingerprint density at radius 2 is 1.82 bits per heavy atom. The minimum Gasteiger partial charge on any atom is -0.348 e. The van der Waals surface area contributed by atoms with Crippen LogP contribution in [0.2, 0.25) is 0 Å². The van der Waals surface area contributed by atoms with E-state index in [1.165, 1.54) is 24.3 Å². The number of pyridine rings is 1. The van der Waals surface area contributed by atoms with Crippen LogP contribution in [-0.4, -0.2) is 83.3 Å². The molecule has 13 heteroatoms. The van der Waals surface area contributed by atoms with Crippen LogP contribution in [0, 0.1) is 11.7 Å². The minimum atomic E-state index is -1.40. The highest BCUT2D eigenvalue weighted by Gasteiger charge is 2.40. The predicted octanol–water partition coefficient (Wildman–Crippen LogP) is 4.80. The molecule has 4 atom stereocenters. The van der Waals surface area contributed by atoms with Crippen LogP contribution in [0.5, 0.6) is 0 Å². The van der Waals surface area contributed by atoms with E-state index in [1.807, 2.05) is 43.1 Å². The number of likely N-dealkylation sites (tertiary alicyclic amines) is 2. The Bertz CT molecular complexity index is 1770. The lowest BCUT2D eigenvalue weighted by Crippen LogP contribution is -2.49. The van der Waals surface area contributed by atoms with Gasteiger partial charge < -0.3 is 20.9 Å². The average molecular weight is 695 g/mol. The largest absolute Gasteiger partial charge is 0.348 e. The van der Waals surface area contributed by atoms with Crippen molar-refractivity contribution in [1.29, 1.82) is 0 Å². The molecule has 260 valence electrons. The van der Waals surface area contributed by atoms with E-state index >= 15 is 0 Å². The third-order valence-electron chi connectivity index (χ3n) is 9.33. The highest BCUT2D eigenvalue weighted by atomic mass is 35.5. The van der Waals surface area contributed by atoms with Gasteiger partial charge in [0.25, 0.3) is 5.91 Å². The molecule has 3 aliphatic rings. The van der Waals surface area contributed by atoms with Crippen molar-refractivity contribution >= 4 is 58.7 Å². The van der Waals surface area contributed by atoms with Crippen molar-refractivity contribution in [3.63, 3.8) is 0 Å². The molecule has 2 aromatic carbocycles. The first kappa shape index (κ1) is 35.9. The summed E-state index contributed by atoms with van der Waals surface area (Å²) in [5, 5.41) is 9.02. The molecule has 0 radical (unpaired) electrons. The third-order valence-corrected chi connectivity index (χ3v) is 9.33. The van der Waals surface area contributed by atoms with Gasteiger partial charge in [-0.1, -0.05) is 24.3 Å². The number of benzene rings is 2. The summed E-state index contributed by atoms with van der Waals surface area (Å²) >= 11 is 0. The summed E-state index contributed by atoms with van der Waals surface area (Å²) in [7, 11) is 1.94. The Kier molecular flexibility index (Phi) is 11.3. The molecule has 6 rings (SSSR count). The van der Waals surface area contributed by atoms with E-state index in [9.17, 15) is 28.0 Å². The molecular weight excluding hydrogens is 654 g/mol.